The Bertz CT molecular complexity index is 459. The van der Waals surface area contributed by atoms with Crippen LogP contribution in [0.5, 0.6) is 0 Å². The van der Waals surface area contributed by atoms with E-state index in [-0.39, 0.29) is 17.4 Å². The molecule has 0 saturated carbocycles. The summed E-state index contributed by atoms with van der Waals surface area (Å²) in [6, 6.07) is 6.46. The third kappa shape index (κ3) is 2.42. The molecule has 2 unspecified atom stereocenters. The molecular weight excluding hydrogens is 228 g/mol. The van der Waals surface area contributed by atoms with Gasteiger partial charge in [-0.25, -0.2) is 8.42 Å². The number of benzene rings is 1. The third-order valence-corrected chi connectivity index (χ3v) is 4.41. The first kappa shape index (κ1) is 11.6. The molecule has 0 spiro atoms. The highest BCUT2D eigenvalue weighted by Crippen LogP contribution is 2.23. The summed E-state index contributed by atoms with van der Waals surface area (Å²) in [4.78, 5) is 0.159. The summed E-state index contributed by atoms with van der Waals surface area (Å²) < 4.78 is 28.7. The molecule has 0 bridgehead atoms. The summed E-state index contributed by atoms with van der Waals surface area (Å²) in [6.07, 6.45) is 0.0474. The van der Waals surface area contributed by atoms with E-state index in [0.717, 1.165) is 5.56 Å². The topological polar surface area (TPSA) is 66.9 Å². The van der Waals surface area contributed by atoms with Crippen molar-refractivity contribution in [2.75, 3.05) is 6.61 Å². The zero-order chi connectivity index (χ0) is 11.8. The van der Waals surface area contributed by atoms with E-state index in [0.29, 0.717) is 6.61 Å². The summed E-state index contributed by atoms with van der Waals surface area (Å²) in [5.41, 5.74) is -0.387. The van der Waals surface area contributed by atoms with Gasteiger partial charge in [-0.3, -0.25) is 0 Å². The number of hydrogen-bond acceptors (Lipinski definition) is 4. The van der Waals surface area contributed by atoms with Gasteiger partial charge in [0.25, 0.3) is 0 Å². The molecule has 1 heterocycles. The largest absolute Gasteiger partial charge is 0.377 e. The second-order valence-corrected chi connectivity index (χ2v) is 6.11. The summed E-state index contributed by atoms with van der Waals surface area (Å²) in [6.45, 7) is 2.42. The Morgan fingerprint density at radius 3 is 2.50 bits per heavy atom. The Labute approximate surface area is 94.8 Å². The van der Waals surface area contributed by atoms with Crippen LogP contribution in [-0.4, -0.2) is 31.7 Å². The third-order valence-electron chi connectivity index (χ3n) is 2.57. The van der Waals surface area contributed by atoms with E-state index in [2.05, 4.69) is 0 Å². The lowest BCUT2D eigenvalue weighted by atomic mass is 10.2. The predicted molar refractivity (Wildman–Crippen MR) is 58.7 cm³/mol. The number of epoxide rings is 1. The van der Waals surface area contributed by atoms with E-state index >= 15 is 0 Å². The lowest BCUT2D eigenvalue weighted by Crippen LogP contribution is -2.22. The van der Waals surface area contributed by atoms with Crippen LogP contribution >= 0.6 is 0 Å². The molecule has 88 valence electrons. The van der Waals surface area contributed by atoms with Crippen LogP contribution in [0.4, 0.5) is 0 Å². The molecule has 5 heteroatoms. The summed E-state index contributed by atoms with van der Waals surface area (Å²) in [5.74, 6) is 0. The van der Waals surface area contributed by atoms with Crippen LogP contribution in [0.2, 0.25) is 0 Å². The Hall–Kier alpha value is -0.910. The highest BCUT2D eigenvalue weighted by molar-refractivity contribution is 7.91. The molecule has 1 aromatic carbocycles. The van der Waals surface area contributed by atoms with Crippen LogP contribution in [0.1, 0.15) is 12.0 Å². The van der Waals surface area contributed by atoms with Crippen LogP contribution in [0, 0.1) is 6.92 Å². The number of aliphatic hydroxyl groups excluding tert-OH is 1. The first-order chi connectivity index (χ1) is 7.50. The van der Waals surface area contributed by atoms with Gasteiger partial charge in [0.05, 0.1) is 17.6 Å². The normalized spacial score (nSPS) is 21.8. The number of sulfone groups is 1. The van der Waals surface area contributed by atoms with Crippen molar-refractivity contribution in [1.82, 2.24) is 0 Å². The van der Waals surface area contributed by atoms with Gasteiger partial charge in [0.1, 0.15) is 0 Å². The van der Waals surface area contributed by atoms with Crippen molar-refractivity contribution in [3.8, 4) is 0 Å². The zero-order valence-electron chi connectivity index (χ0n) is 8.96. The maximum absolute atomic E-state index is 11.9. The summed E-state index contributed by atoms with van der Waals surface area (Å²) in [5, 5.41) is 9.64. The van der Waals surface area contributed by atoms with Gasteiger partial charge in [-0.2, -0.15) is 0 Å². The van der Waals surface area contributed by atoms with E-state index in [1.165, 1.54) is 12.1 Å². The number of hydrogen-bond donors (Lipinski definition) is 1. The molecule has 0 amide bonds. The van der Waals surface area contributed by atoms with Crippen molar-refractivity contribution >= 4 is 9.84 Å². The second kappa shape index (κ2) is 4.16. The Morgan fingerprint density at radius 1 is 1.44 bits per heavy atom. The average molecular weight is 242 g/mol. The van der Waals surface area contributed by atoms with Gasteiger partial charge in [0.15, 0.2) is 5.44 Å². The highest BCUT2D eigenvalue weighted by atomic mass is 32.2. The standard InChI is InChI=1S/C11H14O4S/c1-8-2-4-10(5-3-8)16(13,14)11(12)6-9-7-15-9/h2-5,9,11-12H,6-7H2,1H3. The van der Waals surface area contributed by atoms with Crippen molar-refractivity contribution in [3.63, 3.8) is 0 Å². The van der Waals surface area contributed by atoms with Gasteiger partial charge >= 0.3 is 0 Å². The fourth-order valence-corrected chi connectivity index (χ4v) is 2.74. The first-order valence-corrected chi connectivity index (χ1v) is 6.65. The van der Waals surface area contributed by atoms with Crippen molar-refractivity contribution < 1.29 is 18.3 Å². The monoisotopic (exact) mass is 242 g/mol. The van der Waals surface area contributed by atoms with Crippen LogP contribution in [0.3, 0.4) is 0 Å². The van der Waals surface area contributed by atoms with E-state index in [1.807, 2.05) is 6.92 Å². The maximum Gasteiger partial charge on any atom is 0.205 e. The van der Waals surface area contributed by atoms with Crippen molar-refractivity contribution in [2.24, 2.45) is 0 Å². The summed E-state index contributed by atoms with van der Waals surface area (Å²) >= 11 is 0. The number of aliphatic hydroxyl groups is 1. The van der Waals surface area contributed by atoms with Gasteiger partial charge in [0, 0.05) is 6.42 Å². The molecular formula is C11H14O4S. The number of rotatable bonds is 4. The minimum atomic E-state index is -3.64. The smallest absolute Gasteiger partial charge is 0.205 e. The highest BCUT2D eigenvalue weighted by Gasteiger charge is 2.33. The fourth-order valence-electron chi connectivity index (χ4n) is 1.44. The number of aryl methyl sites for hydroxylation is 1. The molecule has 1 aromatic rings. The molecule has 1 saturated heterocycles. The quantitative estimate of drug-likeness (QED) is 0.796. The first-order valence-electron chi connectivity index (χ1n) is 5.10. The zero-order valence-corrected chi connectivity index (χ0v) is 9.78. The predicted octanol–water partition coefficient (Wildman–Crippen LogP) is 0.876. The minimum Gasteiger partial charge on any atom is -0.377 e. The van der Waals surface area contributed by atoms with E-state index in [4.69, 9.17) is 4.74 Å². The summed E-state index contributed by atoms with van der Waals surface area (Å²) in [7, 11) is -3.64. The molecule has 16 heavy (non-hydrogen) atoms. The fraction of sp³-hybridized carbons (Fsp3) is 0.455. The van der Waals surface area contributed by atoms with Crippen LogP contribution in [0.25, 0.3) is 0 Å². The van der Waals surface area contributed by atoms with Crippen molar-refractivity contribution in [3.05, 3.63) is 29.8 Å². The molecule has 0 radical (unpaired) electrons. The van der Waals surface area contributed by atoms with E-state index in [9.17, 15) is 13.5 Å². The lowest BCUT2D eigenvalue weighted by molar-refractivity contribution is 0.220. The maximum atomic E-state index is 11.9. The van der Waals surface area contributed by atoms with Crippen LogP contribution < -0.4 is 0 Å². The van der Waals surface area contributed by atoms with E-state index in [1.54, 1.807) is 12.1 Å². The minimum absolute atomic E-state index is 0.102. The number of ether oxygens (including phenoxy) is 1. The molecule has 1 N–H and O–H groups in total. The molecule has 1 aliphatic rings. The van der Waals surface area contributed by atoms with Gasteiger partial charge in [0.2, 0.25) is 9.84 Å². The van der Waals surface area contributed by atoms with Crippen LogP contribution in [0.15, 0.2) is 29.2 Å². The van der Waals surface area contributed by atoms with Crippen molar-refractivity contribution in [2.45, 2.75) is 29.8 Å². The lowest BCUT2D eigenvalue weighted by Gasteiger charge is -2.10. The van der Waals surface area contributed by atoms with Gasteiger partial charge in [-0.05, 0) is 19.1 Å². The molecule has 0 aliphatic carbocycles. The molecule has 0 aromatic heterocycles. The average Bonchev–Trinajstić information content (AvgIpc) is 3.02. The Morgan fingerprint density at radius 2 is 2.00 bits per heavy atom. The van der Waals surface area contributed by atoms with Crippen LogP contribution in [-0.2, 0) is 14.6 Å². The molecule has 2 rings (SSSR count). The SMILES string of the molecule is Cc1ccc(S(=O)(=O)C(O)CC2CO2)cc1. The van der Waals surface area contributed by atoms with Crippen molar-refractivity contribution in [1.29, 1.82) is 0 Å². The second-order valence-electron chi connectivity index (χ2n) is 4.00. The van der Waals surface area contributed by atoms with Gasteiger partial charge in [-0.1, -0.05) is 17.7 Å². The molecule has 1 aliphatic heterocycles. The molecule has 2 atom stereocenters. The molecule has 4 nitrogen and oxygen atoms in total. The van der Waals surface area contributed by atoms with E-state index < -0.39 is 15.3 Å². The van der Waals surface area contributed by atoms with Gasteiger partial charge in [-0.15, -0.1) is 0 Å². The Balaban J connectivity index is 2.19. The Kier molecular flexibility index (Phi) is 3.01. The van der Waals surface area contributed by atoms with Gasteiger partial charge < -0.3 is 9.84 Å². The molecule has 1 fully saturated rings.